The van der Waals surface area contributed by atoms with Crippen LogP contribution in [-0.4, -0.2) is 31.9 Å². The minimum Gasteiger partial charge on any atom is -0.478 e. The quantitative estimate of drug-likeness (QED) is 0.462. The molecule has 0 aromatic heterocycles. The van der Waals surface area contributed by atoms with Gasteiger partial charge in [0.05, 0.1) is 16.1 Å². The Morgan fingerprint density at radius 3 is 2.52 bits per heavy atom. The van der Waals surface area contributed by atoms with Gasteiger partial charge in [-0.25, -0.2) is 4.79 Å². The molecule has 142 valence electrons. The number of aliphatic carboxylic acids is 1. The monoisotopic (exact) mass is 389 g/mol. The van der Waals surface area contributed by atoms with Gasteiger partial charge in [-0.05, 0) is 38.0 Å². The van der Waals surface area contributed by atoms with Gasteiger partial charge in [-0.1, -0.05) is 25.0 Å². The zero-order chi connectivity index (χ0) is 19.7. The number of nitro benzene ring substituents is 1. The standard InChI is InChI=1S/C18H19N3O5S/c1-10-14(17(23)24)15(12-8-4-5-9-13(12)21(25)26)20(18(27)19-10)16(22)11-6-2-3-7-11/h4-5,8-9,11,15H,2-3,6-7H2,1H3,(H,19,27)(H,23,24). The maximum atomic E-state index is 13.2. The first-order valence-corrected chi connectivity index (χ1v) is 9.05. The molecule has 1 heterocycles. The van der Waals surface area contributed by atoms with E-state index in [2.05, 4.69) is 5.32 Å². The molecule has 27 heavy (non-hydrogen) atoms. The van der Waals surface area contributed by atoms with Gasteiger partial charge in [-0.2, -0.15) is 0 Å². The Labute approximate surface area is 161 Å². The Bertz CT molecular complexity index is 860. The number of hydrogen-bond donors (Lipinski definition) is 2. The van der Waals surface area contributed by atoms with Crippen molar-refractivity contribution in [2.45, 2.75) is 38.6 Å². The van der Waals surface area contributed by atoms with Crippen LogP contribution in [-0.2, 0) is 9.59 Å². The zero-order valence-electron chi connectivity index (χ0n) is 14.7. The number of carbonyl (C=O) groups is 2. The molecule has 0 bridgehead atoms. The first kappa shape index (κ1) is 19.0. The number of nitro groups is 1. The summed E-state index contributed by atoms with van der Waals surface area (Å²) >= 11 is 5.34. The number of rotatable bonds is 4. The summed E-state index contributed by atoms with van der Waals surface area (Å²) in [4.78, 5) is 37.3. The highest BCUT2D eigenvalue weighted by molar-refractivity contribution is 7.80. The molecule has 2 N–H and O–H groups in total. The smallest absolute Gasteiger partial charge is 0.335 e. The van der Waals surface area contributed by atoms with Crippen molar-refractivity contribution in [2.24, 2.45) is 5.92 Å². The molecule has 1 fully saturated rings. The summed E-state index contributed by atoms with van der Waals surface area (Å²) in [5, 5.41) is 24.1. The van der Waals surface area contributed by atoms with Gasteiger partial charge >= 0.3 is 5.97 Å². The zero-order valence-corrected chi connectivity index (χ0v) is 15.5. The van der Waals surface area contributed by atoms with Crippen LogP contribution in [0, 0.1) is 16.0 Å². The van der Waals surface area contributed by atoms with E-state index >= 15 is 0 Å². The van der Waals surface area contributed by atoms with E-state index in [0.717, 1.165) is 12.8 Å². The van der Waals surface area contributed by atoms with Crippen molar-refractivity contribution in [2.75, 3.05) is 0 Å². The molecule has 1 atom stereocenters. The first-order chi connectivity index (χ1) is 12.8. The maximum Gasteiger partial charge on any atom is 0.335 e. The lowest BCUT2D eigenvalue weighted by atomic mass is 9.91. The molecule has 1 aromatic carbocycles. The summed E-state index contributed by atoms with van der Waals surface area (Å²) < 4.78 is 0. The van der Waals surface area contributed by atoms with Gasteiger partial charge in [0.15, 0.2) is 5.11 Å². The third kappa shape index (κ3) is 3.42. The fourth-order valence-electron chi connectivity index (χ4n) is 3.79. The van der Waals surface area contributed by atoms with Crippen molar-refractivity contribution in [3.8, 4) is 0 Å². The van der Waals surface area contributed by atoms with Crippen molar-refractivity contribution in [3.05, 3.63) is 51.2 Å². The van der Waals surface area contributed by atoms with Gasteiger partial charge in [0.2, 0.25) is 5.91 Å². The number of amides is 1. The second-order valence-electron chi connectivity index (χ2n) is 6.68. The van der Waals surface area contributed by atoms with Crippen molar-refractivity contribution >= 4 is 34.9 Å². The highest BCUT2D eigenvalue weighted by Gasteiger charge is 2.44. The average Bonchev–Trinajstić information content (AvgIpc) is 3.14. The van der Waals surface area contributed by atoms with Crippen LogP contribution in [0.15, 0.2) is 35.5 Å². The van der Waals surface area contributed by atoms with Gasteiger partial charge in [-0.15, -0.1) is 0 Å². The number of nitrogens with zero attached hydrogens (tertiary/aromatic N) is 2. The van der Waals surface area contributed by atoms with Gasteiger partial charge < -0.3 is 10.4 Å². The van der Waals surface area contributed by atoms with Crippen molar-refractivity contribution in [1.82, 2.24) is 10.2 Å². The number of carboxylic acids is 1. The van der Waals surface area contributed by atoms with Crippen LogP contribution in [0.3, 0.4) is 0 Å². The Morgan fingerprint density at radius 1 is 1.30 bits per heavy atom. The molecule has 1 aliphatic heterocycles. The predicted octanol–water partition coefficient (Wildman–Crippen LogP) is 2.90. The maximum absolute atomic E-state index is 13.2. The molecule has 3 rings (SSSR count). The molecule has 2 aliphatic rings. The molecule has 1 amide bonds. The lowest BCUT2D eigenvalue weighted by Gasteiger charge is -2.38. The highest BCUT2D eigenvalue weighted by atomic mass is 32.1. The van der Waals surface area contributed by atoms with Gasteiger partial charge in [0.1, 0.15) is 6.04 Å². The second-order valence-corrected chi connectivity index (χ2v) is 7.07. The number of benzene rings is 1. The Morgan fingerprint density at radius 2 is 1.93 bits per heavy atom. The SMILES string of the molecule is CC1=C(C(=O)O)C(c2ccccc2[N+](=O)[O-])N(C(=O)C2CCCC2)C(=S)N1. The van der Waals surface area contributed by atoms with Crippen LogP contribution >= 0.6 is 12.2 Å². The van der Waals surface area contributed by atoms with E-state index < -0.39 is 16.9 Å². The van der Waals surface area contributed by atoms with Crippen molar-refractivity contribution in [1.29, 1.82) is 0 Å². The number of carbonyl (C=O) groups excluding carboxylic acids is 1. The molecular weight excluding hydrogens is 370 g/mol. The molecule has 9 heteroatoms. The summed E-state index contributed by atoms with van der Waals surface area (Å²) in [6.07, 6.45) is 3.24. The number of allylic oxidation sites excluding steroid dienone is 1. The number of carboxylic acid groups (broad SMARTS) is 1. The molecule has 1 aliphatic carbocycles. The van der Waals surface area contributed by atoms with Crippen LogP contribution < -0.4 is 5.32 Å². The second kappa shape index (κ2) is 7.43. The van der Waals surface area contributed by atoms with Gasteiger partial charge in [0.25, 0.3) is 5.69 Å². The molecular formula is C18H19N3O5S. The van der Waals surface area contributed by atoms with Gasteiger partial charge in [-0.3, -0.25) is 19.8 Å². The van der Waals surface area contributed by atoms with Crippen LogP contribution in [0.5, 0.6) is 0 Å². The minimum absolute atomic E-state index is 0.0672. The van der Waals surface area contributed by atoms with E-state index in [0.29, 0.717) is 12.8 Å². The van der Waals surface area contributed by atoms with E-state index in [9.17, 15) is 24.8 Å². The summed E-state index contributed by atoms with van der Waals surface area (Å²) in [5.41, 5.74) is 0.0350. The Balaban J connectivity index is 2.19. The van der Waals surface area contributed by atoms with E-state index in [1.165, 1.54) is 30.0 Å². The van der Waals surface area contributed by atoms with Crippen molar-refractivity contribution < 1.29 is 19.6 Å². The Hall–Kier alpha value is -2.81. The summed E-state index contributed by atoms with van der Waals surface area (Å²) in [7, 11) is 0. The molecule has 0 saturated heterocycles. The van der Waals surface area contributed by atoms with E-state index in [1.807, 2.05) is 0 Å². The minimum atomic E-state index is -1.25. The van der Waals surface area contributed by atoms with Crippen LogP contribution in [0.2, 0.25) is 0 Å². The van der Waals surface area contributed by atoms with Crippen LogP contribution in [0.4, 0.5) is 5.69 Å². The normalized spacial score (nSPS) is 20.6. The largest absolute Gasteiger partial charge is 0.478 e. The Kier molecular flexibility index (Phi) is 5.22. The molecule has 0 spiro atoms. The predicted molar refractivity (Wildman–Crippen MR) is 101 cm³/mol. The van der Waals surface area contributed by atoms with Crippen LogP contribution in [0.25, 0.3) is 0 Å². The van der Waals surface area contributed by atoms with E-state index in [-0.39, 0.29) is 39.5 Å². The lowest BCUT2D eigenvalue weighted by Crippen LogP contribution is -2.52. The third-order valence-corrected chi connectivity index (χ3v) is 5.35. The molecule has 1 unspecified atom stereocenters. The average molecular weight is 389 g/mol. The highest BCUT2D eigenvalue weighted by Crippen LogP contribution is 2.40. The molecule has 8 nitrogen and oxygen atoms in total. The van der Waals surface area contributed by atoms with E-state index in [1.54, 1.807) is 6.07 Å². The van der Waals surface area contributed by atoms with E-state index in [4.69, 9.17) is 12.2 Å². The lowest BCUT2D eigenvalue weighted by molar-refractivity contribution is -0.385. The van der Waals surface area contributed by atoms with Gasteiger partial charge in [0, 0.05) is 17.7 Å². The molecule has 1 saturated carbocycles. The van der Waals surface area contributed by atoms with Crippen molar-refractivity contribution in [3.63, 3.8) is 0 Å². The summed E-state index contributed by atoms with van der Waals surface area (Å²) in [6, 6.07) is 4.71. The number of para-hydroxylation sites is 1. The fraction of sp³-hybridized carbons (Fsp3) is 0.389. The third-order valence-electron chi connectivity index (χ3n) is 5.05. The summed E-state index contributed by atoms with van der Waals surface area (Å²) in [5.74, 6) is -1.81. The number of nitrogens with one attached hydrogen (secondary N) is 1. The number of thiocarbonyl (C=S) groups is 1. The summed E-state index contributed by atoms with van der Waals surface area (Å²) in [6.45, 7) is 1.54. The first-order valence-electron chi connectivity index (χ1n) is 8.64. The number of hydrogen-bond acceptors (Lipinski definition) is 5. The fourth-order valence-corrected chi connectivity index (χ4v) is 4.14. The molecule has 1 aromatic rings. The topological polar surface area (TPSA) is 113 Å². The van der Waals surface area contributed by atoms with Crippen LogP contribution in [0.1, 0.15) is 44.2 Å². The molecule has 0 radical (unpaired) electrons.